The van der Waals surface area contributed by atoms with Gasteiger partial charge >= 0.3 is 0 Å². The molecule has 3 heterocycles. The Morgan fingerprint density at radius 1 is 0.944 bits per heavy atom. The molecule has 6 heteroatoms. The van der Waals surface area contributed by atoms with Crippen LogP contribution in [0.3, 0.4) is 0 Å². The van der Waals surface area contributed by atoms with Crippen LogP contribution in [-0.4, -0.2) is 54.0 Å². The van der Waals surface area contributed by atoms with Gasteiger partial charge in [-0.15, -0.1) is 0 Å². The van der Waals surface area contributed by atoms with Crippen LogP contribution in [0, 0.1) is 0 Å². The molecule has 0 amide bonds. The average Bonchev–Trinajstić information content (AvgIpc) is 2.81. The molecule has 5 atom stereocenters. The van der Waals surface area contributed by atoms with Crippen molar-refractivity contribution in [2.24, 2.45) is 0 Å². The van der Waals surface area contributed by atoms with Gasteiger partial charge in [0.1, 0.15) is 24.4 Å². The monoisotopic (exact) mass is 260 g/mol. The normalized spacial score (nSPS) is 49.5. The van der Waals surface area contributed by atoms with Gasteiger partial charge in [-0.05, 0) is 27.7 Å². The van der Waals surface area contributed by atoms with E-state index < -0.39 is 36.2 Å². The minimum absolute atomic E-state index is 0.295. The van der Waals surface area contributed by atoms with Gasteiger partial charge in [0.05, 0.1) is 6.61 Å². The second-order valence-electron chi connectivity index (χ2n) is 5.93. The Balaban J connectivity index is 1.68. The topological polar surface area (TPSA) is 66.4 Å². The smallest absolute Gasteiger partial charge is 0.190 e. The van der Waals surface area contributed by atoms with Gasteiger partial charge in [0.25, 0.3) is 0 Å². The van der Waals surface area contributed by atoms with E-state index in [2.05, 4.69) is 0 Å². The summed E-state index contributed by atoms with van der Waals surface area (Å²) in [5.41, 5.74) is 0. The van der Waals surface area contributed by atoms with E-state index >= 15 is 0 Å². The lowest BCUT2D eigenvalue weighted by molar-refractivity contribution is -0.232. The highest BCUT2D eigenvalue weighted by Crippen LogP contribution is 2.40. The Hall–Kier alpha value is -0.240. The van der Waals surface area contributed by atoms with Crippen molar-refractivity contribution in [3.8, 4) is 0 Å². The first-order valence-corrected chi connectivity index (χ1v) is 6.28. The molecule has 104 valence electrons. The van der Waals surface area contributed by atoms with Crippen molar-refractivity contribution in [1.82, 2.24) is 0 Å². The predicted octanol–water partition coefficient (Wildman–Crippen LogP) is 0.375. The Kier molecular flexibility index (Phi) is 2.75. The molecular weight excluding hydrogens is 240 g/mol. The summed E-state index contributed by atoms with van der Waals surface area (Å²) in [7, 11) is 0. The zero-order valence-corrected chi connectivity index (χ0v) is 11.1. The van der Waals surface area contributed by atoms with Crippen molar-refractivity contribution in [1.29, 1.82) is 0 Å². The molecule has 3 unspecified atom stereocenters. The number of hydrogen-bond donors (Lipinski definition) is 1. The fraction of sp³-hybridized carbons (Fsp3) is 1.00. The van der Waals surface area contributed by atoms with E-state index in [9.17, 15) is 5.11 Å². The van der Waals surface area contributed by atoms with Crippen LogP contribution < -0.4 is 0 Å². The van der Waals surface area contributed by atoms with Gasteiger partial charge in [0, 0.05) is 0 Å². The van der Waals surface area contributed by atoms with Crippen LogP contribution in [0.4, 0.5) is 0 Å². The summed E-state index contributed by atoms with van der Waals surface area (Å²) in [5.74, 6) is -1.35. The third kappa shape index (κ3) is 2.07. The quantitative estimate of drug-likeness (QED) is 0.735. The molecule has 0 aromatic carbocycles. The highest BCUT2D eigenvalue weighted by Gasteiger charge is 2.57. The number of ether oxygens (including phenoxy) is 5. The van der Waals surface area contributed by atoms with Crippen LogP contribution in [0.15, 0.2) is 0 Å². The minimum atomic E-state index is -0.765. The van der Waals surface area contributed by atoms with Gasteiger partial charge in [-0.1, -0.05) is 0 Å². The van der Waals surface area contributed by atoms with E-state index in [1.165, 1.54) is 0 Å². The standard InChI is InChI=1S/C12H20O6/c1-11(2)14-5-6(16-11)8-7(13)9-10(15-8)18-12(3,4)17-9/h6-10,13H,5H2,1-4H3/t6?,7-,8?,9+,10?/m0/s1. The fourth-order valence-corrected chi connectivity index (χ4v) is 2.70. The van der Waals surface area contributed by atoms with Crippen molar-refractivity contribution in [2.75, 3.05) is 6.61 Å². The van der Waals surface area contributed by atoms with Gasteiger partial charge in [-0.25, -0.2) is 0 Å². The van der Waals surface area contributed by atoms with E-state index in [0.29, 0.717) is 6.61 Å². The molecule has 0 saturated carbocycles. The highest BCUT2D eigenvalue weighted by atomic mass is 16.8. The molecule has 0 bridgehead atoms. The van der Waals surface area contributed by atoms with Crippen molar-refractivity contribution in [3.63, 3.8) is 0 Å². The van der Waals surface area contributed by atoms with Crippen LogP contribution >= 0.6 is 0 Å². The van der Waals surface area contributed by atoms with Gasteiger partial charge in [0.15, 0.2) is 17.9 Å². The summed E-state index contributed by atoms with van der Waals surface area (Å²) in [6.45, 7) is 7.68. The Bertz CT molecular complexity index is 341. The van der Waals surface area contributed by atoms with Crippen molar-refractivity contribution < 1.29 is 28.8 Å². The molecule has 0 spiro atoms. The SMILES string of the molecule is CC1(C)OCC(C2OC3OC(C)(C)O[C@@H]3[C@H]2O)O1. The van der Waals surface area contributed by atoms with E-state index in [4.69, 9.17) is 23.7 Å². The van der Waals surface area contributed by atoms with Crippen molar-refractivity contribution in [2.45, 2.75) is 70.0 Å². The second-order valence-corrected chi connectivity index (χ2v) is 5.93. The number of hydrogen-bond acceptors (Lipinski definition) is 6. The van der Waals surface area contributed by atoms with Crippen LogP contribution in [0.25, 0.3) is 0 Å². The lowest BCUT2D eigenvalue weighted by atomic mass is 10.1. The third-order valence-corrected chi connectivity index (χ3v) is 3.45. The van der Waals surface area contributed by atoms with Crippen molar-refractivity contribution >= 4 is 0 Å². The molecule has 1 N–H and O–H groups in total. The first-order chi connectivity index (χ1) is 8.27. The maximum atomic E-state index is 10.3. The molecule has 0 aromatic rings. The maximum Gasteiger partial charge on any atom is 0.190 e. The molecule has 3 saturated heterocycles. The summed E-state index contributed by atoms with van der Waals surface area (Å²) in [6, 6.07) is 0. The van der Waals surface area contributed by atoms with Gasteiger partial charge < -0.3 is 28.8 Å². The first kappa shape index (κ1) is 12.8. The molecule has 6 nitrogen and oxygen atoms in total. The van der Waals surface area contributed by atoms with Crippen LogP contribution in [0.2, 0.25) is 0 Å². The maximum absolute atomic E-state index is 10.3. The highest BCUT2D eigenvalue weighted by molar-refractivity contribution is 4.97. The minimum Gasteiger partial charge on any atom is -0.387 e. The van der Waals surface area contributed by atoms with E-state index in [1.807, 2.05) is 13.8 Å². The Labute approximate surface area is 106 Å². The molecule has 3 rings (SSSR count). The fourth-order valence-electron chi connectivity index (χ4n) is 2.70. The van der Waals surface area contributed by atoms with Gasteiger partial charge in [-0.2, -0.15) is 0 Å². The molecule has 0 aliphatic carbocycles. The first-order valence-electron chi connectivity index (χ1n) is 6.28. The van der Waals surface area contributed by atoms with Gasteiger partial charge in [0.2, 0.25) is 0 Å². The number of rotatable bonds is 1. The molecule has 3 fully saturated rings. The summed E-state index contributed by atoms with van der Waals surface area (Å²) in [6.07, 6.45) is -2.53. The van der Waals surface area contributed by atoms with Crippen molar-refractivity contribution in [3.05, 3.63) is 0 Å². The molecular formula is C12H20O6. The predicted molar refractivity (Wildman–Crippen MR) is 59.6 cm³/mol. The third-order valence-electron chi connectivity index (χ3n) is 3.45. The second kappa shape index (κ2) is 3.88. The average molecular weight is 260 g/mol. The number of fused-ring (bicyclic) bond motifs is 1. The number of aliphatic hydroxyl groups is 1. The molecule has 3 aliphatic heterocycles. The van der Waals surface area contributed by atoms with E-state index in [1.54, 1.807) is 13.8 Å². The van der Waals surface area contributed by atoms with Crippen LogP contribution in [0.1, 0.15) is 27.7 Å². The number of aliphatic hydroxyl groups excluding tert-OH is 1. The van der Waals surface area contributed by atoms with Crippen LogP contribution in [-0.2, 0) is 23.7 Å². The summed E-state index contributed by atoms with van der Waals surface area (Å²) in [4.78, 5) is 0. The van der Waals surface area contributed by atoms with Gasteiger partial charge in [-0.3, -0.25) is 0 Å². The Morgan fingerprint density at radius 3 is 2.22 bits per heavy atom. The molecule has 3 aliphatic rings. The summed E-state index contributed by atoms with van der Waals surface area (Å²) in [5, 5.41) is 10.3. The zero-order chi connectivity index (χ0) is 13.1. The molecule has 18 heavy (non-hydrogen) atoms. The van der Waals surface area contributed by atoms with E-state index in [0.717, 1.165) is 0 Å². The lowest BCUT2D eigenvalue weighted by Gasteiger charge is -2.26. The summed E-state index contributed by atoms with van der Waals surface area (Å²) < 4.78 is 28.1. The largest absolute Gasteiger partial charge is 0.387 e. The zero-order valence-electron chi connectivity index (χ0n) is 11.1. The van der Waals surface area contributed by atoms with Crippen LogP contribution in [0.5, 0.6) is 0 Å². The Morgan fingerprint density at radius 2 is 1.67 bits per heavy atom. The summed E-state index contributed by atoms with van der Waals surface area (Å²) >= 11 is 0. The lowest BCUT2D eigenvalue weighted by Crippen LogP contribution is -2.42. The molecule has 0 radical (unpaired) electrons. The van der Waals surface area contributed by atoms with E-state index in [-0.39, 0.29) is 6.10 Å². The molecule has 0 aromatic heterocycles.